The van der Waals surface area contributed by atoms with Crippen molar-refractivity contribution in [2.45, 2.75) is 45.3 Å². The normalized spacial score (nSPS) is 19.1. The fraction of sp³-hybridized carbons (Fsp3) is 0.381. The molecular formula is C21H24N4O5S. The smallest absolute Gasteiger partial charge is 0.357 e. The van der Waals surface area contributed by atoms with Gasteiger partial charge < -0.3 is 10.1 Å². The highest BCUT2D eigenvalue weighted by Gasteiger charge is 2.45. The summed E-state index contributed by atoms with van der Waals surface area (Å²) < 4.78 is 4.66. The number of anilines is 1. The second-order valence-corrected chi connectivity index (χ2v) is 8.12. The molecule has 1 aromatic carbocycles. The van der Waals surface area contributed by atoms with Crippen LogP contribution in [0.3, 0.4) is 0 Å². The number of rotatable bonds is 5. The van der Waals surface area contributed by atoms with Gasteiger partial charge in [-0.2, -0.15) is 0 Å². The highest BCUT2D eigenvalue weighted by Crippen LogP contribution is 2.32. The molecule has 1 aromatic heterocycles. The van der Waals surface area contributed by atoms with E-state index in [2.05, 4.69) is 15.0 Å². The number of benzene rings is 1. The number of aromatic nitrogens is 1. The molecule has 0 saturated carbocycles. The van der Waals surface area contributed by atoms with Gasteiger partial charge in [-0.05, 0) is 25.8 Å². The number of esters is 1. The molecule has 3 rings (SSSR count). The summed E-state index contributed by atoms with van der Waals surface area (Å²) in [6, 6.07) is 7.08. The van der Waals surface area contributed by atoms with E-state index in [1.165, 1.54) is 24.3 Å². The lowest BCUT2D eigenvalue weighted by molar-refractivity contribution is -0.133. The second kappa shape index (κ2) is 9.25. The Labute approximate surface area is 184 Å². The Hall–Kier alpha value is -3.27. The van der Waals surface area contributed by atoms with Crippen LogP contribution in [0.2, 0.25) is 0 Å². The number of urea groups is 1. The lowest BCUT2D eigenvalue weighted by atomic mass is 10.1. The molecule has 0 bridgehead atoms. The molecule has 1 saturated heterocycles. The first-order valence-corrected chi connectivity index (χ1v) is 10.6. The predicted octanol–water partition coefficient (Wildman–Crippen LogP) is 2.74. The van der Waals surface area contributed by atoms with E-state index in [0.717, 1.165) is 21.8 Å². The molecule has 0 radical (unpaired) electrons. The van der Waals surface area contributed by atoms with E-state index in [-0.39, 0.29) is 24.2 Å². The number of hydrogen-bond donors (Lipinski definition) is 1. The maximum Gasteiger partial charge on any atom is 0.357 e. The van der Waals surface area contributed by atoms with Crippen LogP contribution in [0.25, 0.3) is 0 Å². The van der Waals surface area contributed by atoms with Crippen molar-refractivity contribution in [1.29, 1.82) is 0 Å². The number of imide groups is 1. The fourth-order valence-electron chi connectivity index (χ4n) is 3.56. The highest BCUT2D eigenvalue weighted by atomic mass is 32.1. The van der Waals surface area contributed by atoms with Crippen LogP contribution in [0.1, 0.15) is 49.3 Å². The Kier molecular flexibility index (Phi) is 6.69. The van der Waals surface area contributed by atoms with E-state index in [1.54, 1.807) is 13.8 Å². The fourth-order valence-corrected chi connectivity index (χ4v) is 4.46. The van der Waals surface area contributed by atoms with Gasteiger partial charge in [-0.15, -0.1) is 11.3 Å². The summed E-state index contributed by atoms with van der Waals surface area (Å²) >= 11 is 1.13. The van der Waals surface area contributed by atoms with E-state index in [4.69, 9.17) is 0 Å². The zero-order valence-corrected chi connectivity index (χ0v) is 18.5. The predicted molar refractivity (Wildman–Crippen MR) is 115 cm³/mol. The Morgan fingerprint density at radius 1 is 1.29 bits per heavy atom. The van der Waals surface area contributed by atoms with E-state index < -0.39 is 29.9 Å². The molecular weight excluding hydrogens is 420 g/mol. The molecule has 0 spiro atoms. The van der Waals surface area contributed by atoms with Gasteiger partial charge in [0.05, 0.1) is 13.2 Å². The number of amides is 4. The van der Waals surface area contributed by atoms with Gasteiger partial charge in [-0.3, -0.25) is 19.4 Å². The van der Waals surface area contributed by atoms with Crippen molar-refractivity contribution >= 4 is 40.3 Å². The number of nitrogens with zero attached hydrogens (tertiary/aromatic N) is 3. The molecule has 4 amide bonds. The molecule has 1 N–H and O–H groups in total. The summed E-state index contributed by atoms with van der Waals surface area (Å²) in [6.45, 7) is 4.87. The molecule has 2 unspecified atom stereocenters. The zero-order valence-electron chi connectivity index (χ0n) is 17.7. The second-order valence-electron chi connectivity index (χ2n) is 7.29. The van der Waals surface area contributed by atoms with Crippen molar-refractivity contribution in [2.75, 3.05) is 12.0 Å². The summed E-state index contributed by atoms with van der Waals surface area (Å²) in [4.78, 5) is 56.7. The van der Waals surface area contributed by atoms with Crippen molar-refractivity contribution in [3.05, 3.63) is 47.0 Å². The summed E-state index contributed by atoms with van der Waals surface area (Å²) in [7, 11) is 1.25. The molecule has 1 aliphatic rings. The van der Waals surface area contributed by atoms with Crippen molar-refractivity contribution in [3.63, 3.8) is 0 Å². The van der Waals surface area contributed by atoms with Gasteiger partial charge >= 0.3 is 12.0 Å². The van der Waals surface area contributed by atoms with Crippen molar-refractivity contribution in [2.24, 2.45) is 0 Å². The third-order valence-corrected chi connectivity index (χ3v) is 5.97. The molecule has 0 aliphatic carbocycles. The van der Waals surface area contributed by atoms with Gasteiger partial charge in [0.1, 0.15) is 6.04 Å². The SMILES string of the molecule is COC(=O)c1csc(N2C(=O)[C@H](N(C(C)=O)C(=O)NC(C)c3ccccc3)CC2C)n1. The number of carbonyl (C=O) groups excluding carboxylic acids is 4. The molecule has 31 heavy (non-hydrogen) atoms. The Bertz CT molecular complexity index is 993. The lowest BCUT2D eigenvalue weighted by Crippen LogP contribution is -2.52. The topological polar surface area (TPSA) is 109 Å². The van der Waals surface area contributed by atoms with Crippen LogP contribution in [-0.4, -0.2) is 52.9 Å². The Balaban J connectivity index is 1.79. The largest absolute Gasteiger partial charge is 0.464 e. The molecule has 2 heterocycles. The minimum Gasteiger partial charge on any atom is -0.464 e. The molecule has 3 atom stereocenters. The average molecular weight is 445 g/mol. The van der Waals surface area contributed by atoms with Gasteiger partial charge in [0.25, 0.3) is 5.91 Å². The van der Waals surface area contributed by atoms with Crippen LogP contribution in [-0.2, 0) is 14.3 Å². The van der Waals surface area contributed by atoms with E-state index in [9.17, 15) is 19.2 Å². The van der Waals surface area contributed by atoms with Crippen molar-refractivity contribution < 1.29 is 23.9 Å². The maximum absolute atomic E-state index is 13.2. The Morgan fingerprint density at radius 3 is 2.58 bits per heavy atom. The lowest BCUT2D eigenvalue weighted by Gasteiger charge is -2.27. The average Bonchev–Trinajstić information content (AvgIpc) is 3.32. The van der Waals surface area contributed by atoms with Gasteiger partial charge in [-0.25, -0.2) is 14.6 Å². The molecule has 10 heteroatoms. The van der Waals surface area contributed by atoms with Crippen LogP contribution in [0.4, 0.5) is 9.93 Å². The number of hydrogen-bond acceptors (Lipinski definition) is 7. The number of carbonyl (C=O) groups is 4. The van der Waals surface area contributed by atoms with Gasteiger partial charge in [0.15, 0.2) is 10.8 Å². The summed E-state index contributed by atoms with van der Waals surface area (Å²) in [5.74, 6) is -1.55. The van der Waals surface area contributed by atoms with Crippen LogP contribution >= 0.6 is 11.3 Å². The van der Waals surface area contributed by atoms with Crippen LogP contribution in [0, 0.1) is 0 Å². The first-order chi connectivity index (χ1) is 14.7. The van der Waals surface area contributed by atoms with Crippen LogP contribution < -0.4 is 10.2 Å². The number of thiazole rings is 1. The quantitative estimate of drug-likeness (QED) is 0.711. The van der Waals surface area contributed by atoms with Crippen molar-refractivity contribution in [1.82, 2.24) is 15.2 Å². The molecule has 1 fully saturated rings. The minimum absolute atomic E-state index is 0.101. The van der Waals surface area contributed by atoms with Gasteiger partial charge in [-0.1, -0.05) is 30.3 Å². The zero-order chi connectivity index (χ0) is 22.7. The van der Waals surface area contributed by atoms with Gasteiger partial charge in [0.2, 0.25) is 5.91 Å². The monoisotopic (exact) mass is 444 g/mol. The standard InChI is InChI=1S/C21H24N4O5S/c1-12-10-17(18(27)24(12)21-23-16(11-31-21)19(28)30-4)25(14(3)26)20(29)22-13(2)15-8-6-5-7-9-15/h5-9,11-13,17H,10H2,1-4H3,(H,22,29)/t12?,13?,17-/m1/s1. The molecule has 9 nitrogen and oxygen atoms in total. The first-order valence-electron chi connectivity index (χ1n) is 9.76. The highest BCUT2D eigenvalue weighted by molar-refractivity contribution is 7.14. The third kappa shape index (κ3) is 4.58. The van der Waals surface area contributed by atoms with E-state index in [1.807, 2.05) is 30.3 Å². The maximum atomic E-state index is 13.2. The molecule has 2 aromatic rings. The summed E-state index contributed by atoms with van der Waals surface area (Å²) in [6.07, 6.45) is 0.263. The molecule has 1 aliphatic heterocycles. The first kappa shape index (κ1) is 22.4. The number of methoxy groups -OCH3 is 1. The number of ether oxygens (including phenoxy) is 1. The number of nitrogens with one attached hydrogen (secondary N) is 1. The van der Waals surface area contributed by atoms with Gasteiger partial charge in [0, 0.05) is 18.3 Å². The molecule has 164 valence electrons. The van der Waals surface area contributed by atoms with Crippen molar-refractivity contribution in [3.8, 4) is 0 Å². The van der Waals surface area contributed by atoms with Crippen LogP contribution in [0.15, 0.2) is 35.7 Å². The minimum atomic E-state index is -0.957. The van der Waals surface area contributed by atoms with E-state index in [0.29, 0.717) is 5.13 Å². The summed E-state index contributed by atoms with van der Waals surface area (Å²) in [5, 5.41) is 4.62. The third-order valence-electron chi connectivity index (χ3n) is 5.13. The van der Waals surface area contributed by atoms with Crippen LogP contribution in [0.5, 0.6) is 0 Å². The summed E-state index contributed by atoms with van der Waals surface area (Å²) in [5.41, 5.74) is 0.981. The van der Waals surface area contributed by atoms with E-state index >= 15 is 0 Å². The Morgan fingerprint density at radius 2 is 1.97 bits per heavy atom.